The molecule has 0 aromatic carbocycles. The van der Waals surface area contributed by atoms with Crippen LogP contribution in [0, 0.1) is 0 Å². The van der Waals surface area contributed by atoms with E-state index in [0.29, 0.717) is 11.2 Å². The molecule has 2 aromatic heterocycles. The fourth-order valence-electron chi connectivity index (χ4n) is 2.48. The van der Waals surface area contributed by atoms with E-state index in [1.807, 2.05) is 4.57 Å². The van der Waals surface area contributed by atoms with Crippen LogP contribution in [0.5, 0.6) is 5.88 Å². The zero-order valence-corrected chi connectivity index (χ0v) is 13.3. The molecule has 0 radical (unpaired) electrons. The van der Waals surface area contributed by atoms with Gasteiger partial charge in [-0.25, -0.2) is 9.97 Å². The van der Waals surface area contributed by atoms with Crippen LogP contribution in [-0.2, 0) is 0 Å². The zero-order chi connectivity index (χ0) is 14.5. The normalized spacial score (nSPS) is 13.9. The molecular formula is C14H23ClN4O2. The Morgan fingerprint density at radius 1 is 1.19 bits per heavy atom. The van der Waals surface area contributed by atoms with Crippen molar-refractivity contribution in [2.45, 2.75) is 58.1 Å². The summed E-state index contributed by atoms with van der Waals surface area (Å²) in [6.07, 6.45) is 7.92. The highest BCUT2D eigenvalue weighted by atomic mass is 35.5. The highest BCUT2D eigenvalue weighted by Crippen LogP contribution is 2.26. The number of imidazole rings is 1. The Hall–Kier alpha value is -1.40. The van der Waals surface area contributed by atoms with E-state index < -0.39 is 6.10 Å². The topological polar surface area (TPSA) is 84.1 Å². The largest absolute Gasteiger partial charge is 0.492 e. The van der Waals surface area contributed by atoms with Crippen molar-refractivity contribution in [1.29, 1.82) is 0 Å². The van der Waals surface area contributed by atoms with Crippen molar-refractivity contribution in [3.63, 3.8) is 0 Å². The molecule has 0 aliphatic heterocycles. The second-order valence-electron chi connectivity index (χ2n) is 5.18. The molecule has 2 N–H and O–H groups in total. The molecule has 2 heterocycles. The summed E-state index contributed by atoms with van der Waals surface area (Å²) in [6, 6.07) is -0.0776. The van der Waals surface area contributed by atoms with Crippen molar-refractivity contribution in [2.24, 2.45) is 0 Å². The number of nitrogens with zero attached hydrogens (tertiary/aromatic N) is 4. The molecule has 7 heteroatoms. The predicted molar refractivity (Wildman–Crippen MR) is 83.7 cm³/mol. The van der Waals surface area contributed by atoms with E-state index >= 15 is 0 Å². The van der Waals surface area contributed by atoms with E-state index in [-0.39, 0.29) is 24.3 Å². The van der Waals surface area contributed by atoms with Crippen LogP contribution < -0.4 is 0 Å². The molecule has 0 bridgehead atoms. The number of hydrogen-bond donors (Lipinski definition) is 2. The first-order valence-electron chi connectivity index (χ1n) is 7.19. The Morgan fingerprint density at radius 3 is 2.62 bits per heavy atom. The number of fused-ring (bicyclic) bond motifs is 1. The summed E-state index contributed by atoms with van der Waals surface area (Å²) in [5.41, 5.74) is 0.950. The average molecular weight is 315 g/mol. The van der Waals surface area contributed by atoms with Gasteiger partial charge in [-0.3, -0.25) is 0 Å². The standard InChI is InChI=1S/C14H22N4O2.ClH/c1-3-4-5-6-7-11(10(2)19)18-9-17-12-13(18)15-8-16-14(12)20;/h8-11,19H,3-7H2,1-2H3,(H,15,16,20);1H. The number of aromatic hydroxyl groups is 1. The highest BCUT2D eigenvalue weighted by Gasteiger charge is 2.20. The van der Waals surface area contributed by atoms with Crippen molar-refractivity contribution in [2.75, 3.05) is 0 Å². The maximum atomic E-state index is 10.0. The van der Waals surface area contributed by atoms with Crippen molar-refractivity contribution in [3.05, 3.63) is 12.7 Å². The van der Waals surface area contributed by atoms with Gasteiger partial charge in [0.25, 0.3) is 0 Å². The van der Waals surface area contributed by atoms with E-state index in [9.17, 15) is 10.2 Å². The molecule has 0 saturated heterocycles. The smallest absolute Gasteiger partial charge is 0.242 e. The minimum atomic E-state index is -0.494. The van der Waals surface area contributed by atoms with E-state index in [1.54, 1.807) is 13.3 Å². The van der Waals surface area contributed by atoms with Gasteiger partial charge in [0.2, 0.25) is 5.88 Å². The Kier molecular flexibility index (Phi) is 6.84. The van der Waals surface area contributed by atoms with E-state index in [0.717, 1.165) is 19.3 Å². The highest BCUT2D eigenvalue weighted by molar-refractivity contribution is 5.85. The minimum absolute atomic E-state index is 0. The lowest BCUT2D eigenvalue weighted by Gasteiger charge is -2.21. The van der Waals surface area contributed by atoms with Crippen LogP contribution in [-0.4, -0.2) is 35.8 Å². The van der Waals surface area contributed by atoms with Gasteiger partial charge in [0.05, 0.1) is 18.5 Å². The number of aliphatic hydroxyl groups excluding tert-OH is 1. The first-order valence-corrected chi connectivity index (χ1v) is 7.19. The maximum absolute atomic E-state index is 10.0. The van der Waals surface area contributed by atoms with Crippen LogP contribution in [0.3, 0.4) is 0 Å². The van der Waals surface area contributed by atoms with Gasteiger partial charge < -0.3 is 14.8 Å². The van der Waals surface area contributed by atoms with E-state index in [4.69, 9.17) is 0 Å². The molecule has 2 unspecified atom stereocenters. The van der Waals surface area contributed by atoms with Gasteiger partial charge in [0, 0.05) is 0 Å². The number of aromatic nitrogens is 4. The molecule has 0 fully saturated rings. The second kappa shape index (κ2) is 8.14. The lowest BCUT2D eigenvalue weighted by atomic mass is 10.0. The average Bonchev–Trinajstić information content (AvgIpc) is 2.84. The van der Waals surface area contributed by atoms with E-state index in [1.165, 1.54) is 19.2 Å². The Bertz CT molecular complexity index is 559. The summed E-state index contributed by atoms with van der Waals surface area (Å²) in [5, 5.41) is 19.7. The molecule has 0 aliphatic carbocycles. The molecular weight excluding hydrogens is 292 g/mol. The summed E-state index contributed by atoms with van der Waals surface area (Å²) < 4.78 is 1.84. The zero-order valence-electron chi connectivity index (χ0n) is 12.4. The number of aliphatic hydroxyl groups is 1. The maximum Gasteiger partial charge on any atom is 0.242 e. The summed E-state index contributed by atoms with van der Waals surface area (Å²) in [4.78, 5) is 12.0. The Labute approximate surface area is 130 Å². The first kappa shape index (κ1) is 17.7. The SMILES string of the molecule is CCCCCCC(C(C)O)n1cnc2c(O)ncnc21.Cl. The molecule has 2 rings (SSSR count). The number of hydrogen-bond acceptors (Lipinski definition) is 5. The minimum Gasteiger partial charge on any atom is -0.492 e. The molecule has 2 atom stereocenters. The van der Waals surface area contributed by atoms with Gasteiger partial charge in [-0.15, -0.1) is 12.4 Å². The number of unbranched alkanes of at least 4 members (excludes halogenated alkanes) is 3. The predicted octanol–water partition coefficient (Wildman–Crippen LogP) is 2.85. The molecule has 6 nitrogen and oxygen atoms in total. The van der Waals surface area contributed by atoms with Crippen LogP contribution in [0.4, 0.5) is 0 Å². The molecule has 0 spiro atoms. The summed E-state index contributed by atoms with van der Waals surface area (Å²) in [7, 11) is 0. The monoisotopic (exact) mass is 314 g/mol. The lowest BCUT2D eigenvalue weighted by Crippen LogP contribution is -2.21. The van der Waals surface area contributed by atoms with Crippen LogP contribution in [0.15, 0.2) is 12.7 Å². The van der Waals surface area contributed by atoms with Crippen molar-refractivity contribution in [1.82, 2.24) is 19.5 Å². The summed E-state index contributed by atoms with van der Waals surface area (Å²) in [5.74, 6) is -0.121. The summed E-state index contributed by atoms with van der Waals surface area (Å²) >= 11 is 0. The van der Waals surface area contributed by atoms with Gasteiger partial charge >= 0.3 is 0 Å². The van der Waals surface area contributed by atoms with Crippen LogP contribution >= 0.6 is 12.4 Å². The molecule has 0 aliphatic rings. The van der Waals surface area contributed by atoms with Gasteiger partial charge in [0.15, 0.2) is 11.2 Å². The summed E-state index contributed by atoms with van der Waals surface area (Å²) in [6.45, 7) is 3.95. The van der Waals surface area contributed by atoms with Gasteiger partial charge in [0.1, 0.15) is 6.33 Å². The number of halogens is 1. The van der Waals surface area contributed by atoms with Crippen molar-refractivity contribution < 1.29 is 10.2 Å². The van der Waals surface area contributed by atoms with Crippen LogP contribution in [0.1, 0.15) is 52.0 Å². The van der Waals surface area contributed by atoms with E-state index in [2.05, 4.69) is 21.9 Å². The third-order valence-corrected chi connectivity index (χ3v) is 3.61. The Morgan fingerprint density at radius 2 is 1.95 bits per heavy atom. The van der Waals surface area contributed by atoms with Crippen molar-refractivity contribution in [3.8, 4) is 5.88 Å². The number of rotatable bonds is 7. The van der Waals surface area contributed by atoms with Crippen LogP contribution in [0.2, 0.25) is 0 Å². The molecule has 0 saturated carbocycles. The molecule has 21 heavy (non-hydrogen) atoms. The fraction of sp³-hybridized carbons (Fsp3) is 0.643. The molecule has 2 aromatic rings. The first-order chi connectivity index (χ1) is 9.65. The quantitative estimate of drug-likeness (QED) is 0.768. The third kappa shape index (κ3) is 4.04. The second-order valence-corrected chi connectivity index (χ2v) is 5.18. The fourth-order valence-corrected chi connectivity index (χ4v) is 2.48. The van der Waals surface area contributed by atoms with Crippen molar-refractivity contribution >= 4 is 23.6 Å². The molecule has 0 amide bonds. The van der Waals surface area contributed by atoms with Gasteiger partial charge in [-0.1, -0.05) is 32.6 Å². The van der Waals surface area contributed by atoms with Crippen LogP contribution in [0.25, 0.3) is 11.2 Å². The lowest BCUT2D eigenvalue weighted by molar-refractivity contribution is 0.124. The third-order valence-electron chi connectivity index (χ3n) is 3.61. The Balaban J connectivity index is 0.00000220. The van der Waals surface area contributed by atoms with Gasteiger partial charge in [-0.2, -0.15) is 4.98 Å². The molecule has 118 valence electrons. The van der Waals surface area contributed by atoms with Gasteiger partial charge in [-0.05, 0) is 13.3 Å².